The molecular weight excluding hydrogens is 419 g/mol. The minimum atomic E-state index is -4.67. The van der Waals surface area contributed by atoms with Gasteiger partial charge in [-0.1, -0.05) is 0 Å². The van der Waals surface area contributed by atoms with E-state index in [0.29, 0.717) is 7.69 Å². The Morgan fingerprint density at radius 1 is 0.655 bits per heavy atom. The van der Waals surface area contributed by atoms with Crippen LogP contribution in [0.25, 0.3) is 0 Å². The fourth-order valence-corrected chi connectivity index (χ4v) is 1.79. The van der Waals surface area contributed by atoms with Crippen molar-refractivity contribution in [1.82, 2.24) is 0 Å². The fraction of sp³-hybridized carbons (Fsp3) is 0.250. The third-order valence-electron chi connectivity index (χ3n) is 2.96. The lowest BCUT2D eigenvalue weighted by molar-refractivity contribution is -0.154. The zero-order chi connectivity index (χ0) is 21.7. The summed E-state index contributed by atoms with van der Waals surface area (Å²) in [6.45, 7) is -3.44. The molecule has 0 unspecified atom stereocenters. The summed E-state index contributed by atoms with van der Waals surface area (Å²) in [6, 6.07) is 5.33. The number of alkyl halides is 6. The lowest BCUT2D eigenvalue weighted by atomic mass is 10.2. The van der Waals surface area contributed by atoms with Crippen molar-refractivity contribution in [3.05, 3.63) is 48.0 Å². The van der Waals surface area contributed by atoms with E-state index < -0.39 is 48.7 Å². The molecule has 29 heavy (non-hydrogen) atoms. The van der Waals surface area contributed by atoms with Crippen molar-refractivity contribution < 1.29 is 53.9 Å². The summed E-state index contributed by atoms with van der Waals surface area (Å²) < 4.78 is 118. The van der Waals surface area contributed by atoms with Crippen LogP contribution in [0.3, 0.4) is 0 Å². The van der Waals surface area contributed by atoms with Gasteiger partial charge in [0, 0.05) is 12.1 Å². The maximum atomic E-state index is 13.5. The third-order valence-corrected chi connectivity index (χ3v) is 2.96. The second-order valence-corrected chi connectivity index (χ2v) is 5.32. The van der Waals surface area contributed by atoms with Crippen molar-refractivity contribution in [2.45, 2.75) is 12.4 Å². The van der Waals surface area contributed by atoms with E-state index in [1.54, 1.807) is 0 Å². The van der Waals surface area contributed by atoms with E-state index in [1.165, 1.54) is 0 Å². The molecule has 0 aromatic heterocycles. The first-order chi connectivity index (χ1) is 13.4. The molecule has 0 bridgehead atoms. The molecule has 0 heterocycles. The van der Waals surface area contributed by atoms with Crippen LogP contribution in [-0.4, -0.2) is 33.3 Å². The zero-order valence-electron chi connectivity index (χ0n) is 14.1. The number of ether oxygens (including phenoxy) is 2. The molecule has 0 amide bonds. The highest BCUT2D eigenvalue weighted by Crippen LogP contribution is 2.27. The molecule has 0 saturated carbocycles. The molecule has 0 aliphatic rings. The van der Waals surface area contributed by atoms with Crippen molar-refractivity contribution in [3.8, 4) is 23.0 Å². The standard InChI is InChI=1S/C16H10BF8O4/c18-11-3-1-9(5-13(11)26-7-15(20,21)22)28-17-29-10-2-4-12(19)14(6-10)27-8-16(23,24)25/h1-6H,7-8H2. The van der Waals surface area contributed by atoms with Crippen molar-refractivity contribution >= 4 is 7.69 Å². The summed E-state index contributed by atoms with van der Waals surface area (Å²) in [4.78, 5) is 0. The van der Waals surface area contributed by atoms with Crippen LogP contribution in [0.5, 0.6) is 23.0 Å². The lowest BCUT2D eigenvalue weighted by Crippen LogP contribution is -2.20. The molecule has 0 aliphatic carbocycles. The van der Waals surface area contributed by atoms with Crippen molar-refractivity contribution in [2.75, 3.05) is 13.2 Å². The minimum absolute atomic E-state index is 0.167. The molecule has 0 spiro atoms. The summed E-state index contributed by atoms with van der Waals surface area (Å²) in [7, 11) is 0.640. The van der Waals surface area contributed by atoms with Gasteiger partial charge in [-0.3, -0.25) is 0 Å². The molecule has 2 aromatic carbocycles. The van der Waals surface area contributed by atoms with Gasteiger partial charge in [0.15, 0.2) is 36.3 Å². The first-order valence-electron chi connectivity index (χ1n) is 7.56. The maximum absolute atomic E-state index is 13.5. The number of benzene rings is 2. The molecule has 2 rings (SSSR count). The van der Waals surface area contributed by atoms with Gasteiger partial charge >= 0.3 is 20.0 Å². The van der Waals surface area contributed by atoms with Gasteiger partial charge in [-0.25, -0.2) is 8.78 Å². The average Bonchev–Trinajstić information content (AvgIpc) is 2.60. The van der Waals surface area contributed by atoms with E-state index in [9.17, 15) is 35.1 Å². The van der Waals surface area contributed by atoms with Gasteiger partial charge in [0.25, 0.3) is 0 Å². The van der Waals surface area contributed by atoms with Gasteiger partial charge < -0.3 is 18.8 Å². The molecule has 1 radical (unpaired) electrons. The highest BCUT2D eigenvalue weighted by molar-refractivity contribution is 6.20. The van der Waals surface area contributed by atoms with Crippen LogP contribution in [0, 0.1) is 11.6 Å². The van der Waals surface area contributed by atoms with Crippen LogP contribution < -0.4 is 18.8 Å². The first kappa shape index (κ1) is 22.4. The third kappa shape index (κ3) is 7.96. The fourth-order valence-electron chi connectivity index (χ4n) is 1.79. The second kappa shape index (κ2) is 9.10. The first-order valence-corrected chi connectivity index (χ1v) is 7.56. The van der Waals surface area contributed by atoms with Gasteiger partial charge in [-0.15, -0.1) is 0 Å². The highest BCUT2D eigenvalue weighted by Gasteiger charge is 2.29. The summed E-state index contributed by atoms with van der Waals surface area (Å²) in [5.74, 6) is -3.91. The van der Waals surface area contributed by atoms with Gasteiger partial charge in [0.1, 0.15) is 11.5 Å². The number of halogens is 8. The Labute approximate surface area is 159 Å². The van der Waals surface area contributed by atoms with E-state index in [4.69, 9.17) is 9.31 Å². The largest absolute Gasteiger partial charge is 0.658 e. The van der Waals surface area contributed by atoms with Crippen molar-refractivity contribution in [2.24, 2.45) is 0 Å². The van der Waals surface area contributed by atoms with Crippen LogP contribution in [0.1, 0.15) is 0 Å². The van der Waals surface area contributed by atoms with E-state index in [0.717, 1.165) is 36.4 Å². The quantitative estimate of drug-likeness (QED) is 0.445. The Kier molecular flexibility index (Phi) is 7.04. The molecule has 0 atom stereocenters. The molecule has 13 heteroatoms. The van der Waals surface area contributed by atoms with Gasteiger partial charge in [-0.2, -0.15) is 26.3 Å². The Balaban J connectivity index is 1.94. The normalized spacial score (nSPS) is 11.7. The van der Waals surface area contributed by atoms with Crippen molar-refractivity contribution in [1.29, 1.82) is 0 Å². The second-order valence-electron chi connectivity index (χ2n) is 5.32. The topological polar surface area (TPSA) is 36.9 Å². The summed E-state index contributed by atoms with van der Waals surface area (Å²) in [6.07, 6.45) is -9.35. The number of rotatable bonds is 8. The lowest BCUT2D eigenvalue weighted by Gasteiger charge is -2.13. The molecule has 0 aliphatic heterocycles. The zero-order valence-corrected chi connectivity index (χ0v) is 14.1. The van der Waals surface area contributed by atoms with E-state index in [1.807, 2.05) is 0 Å². The predicted molar refractivity (Wildman–Crippen MR) is 82.9 cm³/mol. The summed E-state index contributed by atoms with van der Waals surface area (Å²) in [5.41, 5.74) is 0. The monoisotopic (exact) mass is 429 g/mol. The number of hydrogen-bond acceptors (Lipinski definition) is 4. The van der Waals surface area contributed by atoms with Crippen LogP contribution in [0.15, 0.2) is 36.4 Å². The summed E-state index contributed by atoms with van der Waals surface area (Å²) in [5, 5.41) is 0. The van der Waals surface area contributed by atoms with Crippen LogP contribution in [0.4, 0.5) is 35.1 Å². The van der Waals surface area contributed by atoms with E-state index in [-0.39, 0.29) is 11.5 Å². The Morgan fingerprint density at radius 3 is 1.38 bits per heavy atom. The van der Waals surface area contributed by atoms with Gasteiger partial charge in [-0.05, 0) is 24.3 Å². The number of hydrogen-bond donors (Lipinski definition) is 0. The van der Waals surface area contributed by atoms with E-state index in [2.05, 4.69) is 9.47 Å². The molecule has 157 valence electrons. The Morgan fingerprint density at radius 2 is 1.03 bits per heavy atom. The Hall–Kier alpha value is -2.86. The van der Waals surface area contributed by atoms with E-state index >= 15 is 0 Å². The minimum Gasteiger partial charge on any atom is -0.526 e. The Bertz CT molecular complexity index is 758. The molecule has 0 N–H and O–H groups in total. The van der Waals surface area contributed by atoms with Gasteiger partial charge in [0.2, 0.25) is 0 Å². The summed E-state index contributed by atoms with van der Waals surface area (Å²) >= 11 is 0. The molecule has 0 fully saturated rings. The SMILES string of the molecule is Fc1ccc(O[B]Oc2ccc(F)c(OCC(F)(F)F)c2)cc1OCC(F)(F)F. The average molecular weight is 429 g/mol. The molecule has 4 nitrogen and oxygen atoms in total. The van der Waals surface area contributed by atoms with Crippen molar-refractivity contribution in [3.63, 3.8) is 0 Å². The van der Waals surface area contributed by atoms with Crippen LogP contribution >= 0.6 is 0 Å². The highest BCUT2D eigenvalue weighted by atomic mass is 19.4. The van der Waals surface area contributed by atoms with Gasteiger partial charge in [0.05, 0.1) is 0 Å². The predicted octanol–water partition coefficient (Wildman–Crippen LogP) is 4.84. The van der Waals surface area contributed by atoms with Crippen LogP contribution in [-0.2, 0) is 0 Å². The van der Waals surface area contributed by atoms with Crippen LogP contribution in [0.2, 0.25) is 0 Å². The molecular formula is C16H10BF8O4. The smallest absolute Gasteiger partial charge is 0.526 e. The molecule has 2 aromatic rings. The maximum Gasteiger partial charge on any atom is 0.658 e. The molecule has 0 saturated heterocycles.